The number of nitrogens with one attached hydrogen (secondary N) is 1. The maximum absolute atomic E-state index is 12.5. The van der Waals surface area contributed by atoms with Crippen LogP contribution in [0.15, 0.2) is 43.0 Å². The number of aryl methyl sites for hydroxylation is 1. The van der Waals surface area contributed by atoms with Crippen LogP contribution in [0.1, 0.15) is 10.5 Å². The summed E-state index contributed by atoms with van der Waals surface area (Å²) in [5.41, 5.74) is 1.62. The minimum atomic E-state index is -0.207. The van der Waals surface area contributed by atoms with E-state index in [1.807, 2.05) is 41.9 Å². The molecule has 1 aromatic heterocycles. The molecule has 0 radical (unpaired) electrons. The van der Waals surface area contributed by atoms with Crippen molar-refractivity contribution in [2.24, 2.45) is 7.05 Å². The van der Waals surface area contributed by atoms with Gasteiger partial charge in [0, 0.05) is 37.6 Å². The number of aromatic nitrogens is 1. The summed E-state index contributed by atoms with van der Waals surface area (Å²) in [6, 6.07) is 9.74. The van der Waals surface area contributed by atoms with Crippen molar-refractivity contribution in [3.63, 3.8) is 0 Å². The van der Waals surface area contributed by atoms with E-state index in [-0.39, 0.29) is 17.9 Å². The van der Waals surface area contributed by atoms with E-state index in [0.717, 1.165) is 10.9 Å². The lowest BCUT2D eigenvalue weighted by atomic mass is 10.2. The van der Waals surface area contributed by atoms with Crippen LogP contribution < -0.4 is 5.32 Å². The summed E-state index contributed by atoms with van der Waals surface area (Å²) in [6.45, 7) is 5.34. The Morgan fingerprint density at radius 3 is 2.96 bits per heavy atom. The topological polar surface area (TPSA) is 63.6 Å². The average Bonchev–Trinajstić information content (AvgIpc) is 2.96. The first-order valence-corrected chi connectivity index (χ1v) is 7.95. The van der Waals surface area contributed by atoms with Gasteiger partial charge in [-0.15, -0.1) is 0 Å². The Morgan fingerprint density at radius 1 is 1.42 bits per heavy atom. The van der Waals surface area contributed by atoms with Crippen LogP contribution >= 0.6 is 0 Å². The van der Waals surface area contributed by atoms with E-state index in [1.54, 1.807) is 4.90 Å². The molecule has 24 heavy (non-hydrogen) atoms. The SMILES string of the molecule is C=CC(=O)N1CCOC(CNC(=O)c2cc3ccccc3n2C)C1. The third-order valence-corrected chi connectivity index (χ3v) is 4.30. The first-order chi connectivity index (χ1) is 11.6. The number of hydrogen-bond acceptors (Lipinski definition) is 3. The fraction of sp³-hybridized carbons (Fsp3) is 0.333. The van der Waals surface area contributed by atoms with Gasteiger partial charge in [-0.3, -0.25) is 9.59 Å². The van der Waals surface area contributed by atoms with Crippen molar-refractivity contribution in [2.75, 3.05) is 26.2 Å². The lowest BCUT2D eigenvalue weighted by Gasteiger charge is -2.32. The van der Waals surface area contributed by atoms with Crippen molar-refractivity contribution in [3.05, 3.63) is 48.7 Å². The van der Waals surface area contributed by atoms with E-state index in [9.17, 15) is 9.59 Å². The quantitative estimate of drug-likeness (QED) is 0.862. The molecular weight excluding hydrogens is 306 g/mol. The molecule has 2 aromatic rings. The Bertz CT molecular complexity index is 781. The molecule has 1 aliphatic rings. The number of carbonyl (C=O) groups is 2. The Balaban J connectivity index is 1.63. The lowest BCUT2D eigenvalue weighted by Crippen LogP contribution is -2.49. The molecule has 0 bridgehead atoms. The Morgan fingerprint density at radius 2 is 2.21 bits per heavy atom. The van der Waals surface area contributed by atoms with Gasteiger partial charge in [-0.05, 0) is 18.2 Å². The molecule has 0 aliphatic carbocycles. The third-order valence-electron chi connectivity index (χ3n) is 4.30. The van der Waals surface area contributed by atoms with Crippen LogP contribution in [0.4, 0.5) is 0 Å². The van der Waals surface area contributed by atoms with Gasteiger partial charge in [-0.2, -0.15) is 0 Å². The fourth-order valence-corrected chi connectivity index (χ4v) is 2.98. The Kier molecular flexibility index (Phi) is 4.66. The van der Waals surface area contributed by atoms with Crippen molar-refractivity contribution in [2.45, 2.75) is 6.10 Å². The maximum atomic E-state index is 12.5. The van der Waals surface area contributed by atoms with Crippen LogP contribution in [0.5, 0.6) is 0 Å². The number of rotatable bonds is 4. The predicted octanol–water partition coefficient (Wildman–Crippen LogP) is 1.32. The zero-order valence-electron chi connectivity index (χ0n) is 13.7. The minimum absolute atomic E-state index is 0.108. The monoisotopic (exact) mass is 327 g/mol. The van der Waals surface area contributed by atoms with Crippen molar-refractivity contribution in [1.82, 2.24) is 14.8 Å². The summed E-state index contributed by atoms with van der Waals surface area (Å²) in [4.78, 5) is 25.8. The summed E-state index contributed by atoms with van der Waals surface area (Å²) in [5.74, 6) is -0.257. The van der Waals surface area contributed by atoms with Crippen molar-refractivity contribution < 1.29 is 14.3 Å². The highest BCUT2D eigenvalue weighted by Crippen LogP contribution is 2.18. The van der Waals surface area contributed by atoms with Gasteiger partial charge in [0.25, 0.3) is 5.91 Å². The molecule has 0 spiro atoms. The van der Waals surface area contributed by atoms with E-state index in [1.165, 1.54) is 6.08 Å². The summed E-state index contributed by atoms with van der Waals surface area (Å²) in [5, 5.41) is 3.93. The smallest absolute Gasteiger partial charge is 0.268 e. The fourth-order valence-electron chi connectivity index (χ4n) is 2.98. The molecule has 1 unspecified atom stereocenters. The molecule has 1 atom stereocenters. The number of carbonyl (C=O) groups excluding carboxylic acids is 2. The van der Waals surface area contributed by atoms with Gasteiger partial charge < -0.3 is 19.5 Å². The van der Waals surface area contributed by atoms with Crippen LogP contribution in [0.3, 0.4) is 0 Å². The highest BCUT2D eigenvalue weighted by atomic mass is 16.5. The molecule has 6 heteroatoms. The summed E-state index contributed by atoms with van der Waals surface area (Å²) in [6.07, 6.45) is 1.09. The van der Waals surface area contributed by atoms with Gasteiger partial charge in [0.2, 0.25) is 5.91 Å². The van der Waals surface area contributed by atoms with Crippen LogP contribution in [0, 0.1) is 0 Å². The molecule has 1 aliphatic heterocycles. The van der Waals surface area contributed by atoms with E-state index < -0.39 is 0 Å². The van der Waals surface area contributed by atoms with Gasteiger partial charge >= 0.3 is 0 Å². The van der Waals surface area contributed by atoms with Crippen LogP contribution in [0.25, 0.3) is 10.9 Å². The molecule has 0 saturated carbocycles. The Hall–Kier alpha value is -2.60. The van der Waals surface area contributed by atoms with E-state index in [2.05, 4.69) is 11.9 Å². The lowest BCUT2D eigenvalue weighted by molar-refractivity contribution is -0.133. The van der Waals surface area contributed by atoms with Gasteiger partial charge in [0.15, 0.2) is 0 Å². The number of amides is 2. The third kappa shape index (κ3) is 3.19. The maximum Gasteiger partial charge on any atom is 0.268 e. The average molecular weight is 327 g/mol. The van der Waals surface area contributed by atoms with Gasteiger partial charge in [-0.25, -0.2) is 0 Å². The highest BCUT2D eigenvalue weighted by Gasteiger charge is 2.23. The van der Waals surface area contributed by atoms with E-state index in [0.29, 0.717) is 31.9 Å². The molecule has 1 aromatic carbocycles. The minimum Gasteiger partial charge on any atom is -0.373 e. The van der Waals surface area contributed by atoms with Gasteiger partial charge in [0.1, 0.15) is 5.69 Å². The van der Waals surface area contributed by atoms with Crippen LogP contribution in [0.2, 0.25) is 0 Å². The molecule has 2 amide bonds. The number of ether oxygens (including phenoxy) is 1. The van der Waals surface area contributed by atoms with Crippen LogP contribution in [-0.2, 0) is 16.6 Å². The van der Waals surface area contributed by atoms with E-state index in [4.69, 9.17) is 4.74 Å². The molecule has 1 N–H and O–H groups in total. The van der Waals surface area contributed by atoms with Gasteiger partial charge in [0.05, 0.1) is 12.7 Å². The van der Waals surface area contributed by atoms with Crippen molar-refractivity contribution in [3.8, 4) is 0 Å². The number of nitrogens with zero attached hydrogens (tertiary/aromatic N) is 2. The second-order valence-electron chi connectivity index (χ2n) is 5.84. The number of hydrogen-bond donors (Lipinski definition) is 1. The van der Waals surface area contributed by atoms with Crippen molar-refractivity contribution in [1.29, 1.82) is 0 Å². The zero-order chi connectivity index (χ0) is 17.1. The number of benzene rings is 1. The summed E-state index contributed by atoms with van der Waals surface area (Å²) >= 11 is 0. The van der Waals surface area contributed by atoms with E-state index >= 15 is 0 Å². The largest absolute Gasteiger partial charge is 0.373 e. The molecule has 3 rings (SSSR count). The molecule has 1 fully saturated rings. The molecular formula is C18H21N3O3. The summed E-state index contributed by atoms with van der Waals surface area (Å²) < 4.78 is 7.50. The standard InChI is InChI=1S/C18H21N3O3/c1-3-17(22)21-8-9-24-14(12-21)11-19-18(23)16-10-13-6-4-5-7-15(13)20(16)2/h3-7,10,14H,1,8-9,11-12H2,2H3,(H,19,23). The first kappa shape index (κ1) is 16.3. The number of morpholine rings is 1. The second-order valence-corrected chi connectivity index (χ2v) is 5.84. The Labute approximate surface area is 140 Å². The number of para-hydroxylation sites is 1. The molecule has 6 nitrogen and oxygen atoms in total. The van der Waals surface area contributed by atoms with Gasteiger partial charge in [-0.1, -0.05) is 24.8 Å². The molecule has 126 valence electrons. The zero-order valence-corrected chi connectivity index (χ0v) is 13.7. The highest BCUT2D eigenvalue weighted by molar-refractivity contribution is 5.98. The normalized spacial score (nSPS) is 17.7. The summed E-state index contributed by atoms with van der Waals surface area (Å²) in [7, 11) is 1.87. The predicted molar refractivity (Wildman–Crippen MR) is 91.8 cm³/mol. The van der Waals surface area contributed by atoms with Crippen molar-refractivity contribution >= 4 is 22.7 Å². The number of fused-ring (bicyclic) bond motifs is 1. The first-order valence-electron chi connectivity index (χ1n) is 7.95. The van der Waals surface area contributed by atoms with Crippen LogP contribution in [-0.4, -0.2) is 53.6 Å². The second kappa shape index (κ2) is 6.88. The molecule has 1 saturated heterocycles. The molecule has 2 heterocycles.